The summed E-state index contributed by atoms with van der Waals surface area (Å²) >= 11 is 0. The predicted molar refractivity (Wildman–Crippen MR) is 179 cm³/mol. The zero-order chi connectivity index (χ0) is 29.8. The maximum Gasteiger partial charge on any atom is 0.673 e. The fraction of sp³-hybridized carbons (Fsp3) is 0.176. The molecule has 1 aliphatic carbocycles. The van der Waals surface area contributed by atoms with Gasteiger partial charge in [0.15, 0.2) is 0 Å². The first-order valence-corrected chi connectivity index (χ1v) is 17.8. The van der Waals surface area contributed by atoms with E-state index in [1.807, 2.05) is 0 Å². The number of benzene rings is 4. The minimum atomic E-state index is -6.00. The molecule has 1 aliphatic rings. The molecule has 1 fully saturated rings. The number of rotatable bonds is 4. The molecule has 8 heteroatoms. The summed E-state index contributed by atoms with van der Waals surface area (Å²) in [6.45, 7) is 4.69. The first-order valence-electron chi connectivity index (χ1n) is 13.8. The molecule has 4 aromatic carbocycles. The smallest absolute Gasteiger partial charge is 0.418 e. The summed E-state index contributed by atoms with van der Waals surface area (Å²) < 4.78 is 39.0. The van der Waals surface area contributed by atoms with Crippen LogP contribution in [-0.2, 0) is 20.1 Å². The summed E-state index contributed by atoms with van der Waals surface area (Å²) in [4.78, 5) is 0. The van der Waals surface area contributed by atoms with Crippen molar-refractivity contribution in [3.63, 3.8) is 0 Å². The van der Waals surface area contributed by atoms with Gasteiger partial charge in [0, 0.05) is 20.1 Å². The van der Waals surface area contributed by atoms with Gasteiger partial charge in [0.05, 0.1) is 50.4 Å². The van der Waals surface area contributed by atoms with Gasteiger partial charge in [0.25, 0.3) is 0 Å². The molecule has 0 N–H and O–H groups in total. The zero-order valence-electron chi connectivity index (χ0n) is 24.1. The van der Waals surface area contributed by atoms with Gasteiger partial charge in [0.1, 0.15) is 0 Å². The van der Waals surface area contributed by atoms with Crippen molar-refractivity contribution in [3.05, 3.63) is 147 Å². The van der Waals surface area contributed by atoms with Crippen molar-refractivity contribution in [2.45, 2.75) is 25.7 Å². The van der Waals surface area contributed by atoms with Crippen molar-refractivity contribution in [1.82, 2.24) is 0 Å². The van der Waals surface area contributed by atoms with E-state index < -0.39 is 23.1 Å². The topological polar surface area (TPSA) is 0 Å². The molecule has 0 bridgehead atoms. The SMILES string of the molecule is C[PH+](c1ccccc1)c1ccccc1.C[PH+](c1ccccc1)c1ccccc1.F[B-](F)(F)F.[CH]1[CH]CC[CH][CH]CC1.[Ir]. The molecule has 0 aliphatic heterocycles. The molecule has 0 nitrogen and oxygen atoms in total. The molecule has 4 aromatic rings. The third-order valence-corrected chi connectivity index (χ3v) is 11.0. The molecular weight excluding hydrogens is 749 g/mol. The monoisotopic (exact) mass is 790 g/mol. The standard InChI is InChI=1S/2C13H13P.C8H12.BF4.Ir/c2*1-14(12-8-4-2-5-9-12)13-10-6-3-7-11-13;1-2-4-6-8-7-5-3-1;2-1(3,4)5;/h2*2-11H,1H3;1-2,7-8H,3-6H2;;/q;;;-1;/p+2. The normalized spacial score (nSPS) is 13.0. The summed E-state index contributed by atoms with van der Waals surface area (Å²) in [5, 5.41) is 5.90. The van der Waals surface area contributed by atoms with Crippen molar-refractivity contribution in [1.29, 1.82) is 0 Å². The van der Waals surface area contributed by atoms with Gasteiger partial charge in [-0.2, -0.15) is 0 Å². The number of halogens is 4. The maximum absolute atomic E-state index is 9.75. The Hall–Kier alpha value is -1.83. The fourth-order valence-electron chi connectivity index (χ4n) is 3.94. The Morgan fingerprint density at radius 1 is 0.405 bits per heavy atom. The van der Waals surface area contributed by atoms with Crippen LogP contribution in [0.2, 0.25) is 0 Å². The Balaban J connectivity index is 0.000000297. The van der Waals surface area contributed by atoms with Gasteiger partial charge in [-0.1, -0.05) is 72.8 Å². The summed E-state index contributed by atoms with van der Waals surface area (Å²) in [5.41, 5.74) is 0. The van der Waals surface area contributed by atoms with Crippen LogP contribution in [0.5, 0.6) is 0 Å². The van der Waals surface area contributed by atoms with Gasteiger partial charge in [-0.15, -0.1) is 0 Å². The van der Waals surface area contributed by atoms with Crippen LogP contribution < -0.4 is 21.2 Å². The molecule has 42 heavy (non-hydrogen) atoms. The van der Waals surface area contributed by atoms with E-state index in [-0.39, 0.29) is 20.1 Å². The molecule has 0 unspecified atom stereocenters. The molecule has 225 valence electrons. The summed E-state index contributed by atoms with van der Waals surface area (Å²) in [6, 6.07) is 43.0. The average Bonchev–Trinajstić information content (AvgIpc) is 2.98. The second kappa shape index (κ2) is 22.7. The molecule has 0 saturated heterocycles. The van der Waals surface area contributed by atoms with Crippen LogP contribution in [0, 0.1) is 25.7 Å². The molecule has 1 saturated carbocycles. The molecule has 0 aromatic heterocycles. The molecule has 0 heterocycles. The Kier molecular flexibility index (Phi) is 20.6. The van der Waals surface area contributed by atoms with Crippen molar-refractivity contribution in [2.75, 3.05) is 13.3 Å². The first-order chi connectivity index (χ1) is 19.8. The van der Waals surface area contributed by atoms with Crippen LogP contribution >= 0.6 is 15.8 Å². The maximum atomic E-state index is 9.75. The van der Waals surface area contributed by atoms with E-state index in [9.17, 15) is 17.3 Å². The Morgan fingerprint density at radius 3 is 0.738 bits per heavy atom. The summed E-state index contributed by atoms with van der Waals surface area (Å²) in [6.07, 6.45) is 14.0. The number of hydrogen-bond acceptors (Lipinski definition) is 0. The Morgan fingerprint density at radius 2 is 0.571 bits per heavy atom. The van der Waals surface area contributed by atoms with Crippen LogP contribution in [0.4, 0.5) is 17.3 Å². The predicted octanol–water partition coefficient (Wildman–Crippen LogP) is 8.64. The van der Waals surface area contributed by atoms with Crippen molar-refractivity contribution in [3.8, 4) is 0 Å². The average molecular weight is 790 g/mol. The largest absolute Gasteiger partial charge is 0.673 e. The third kappa shape index (κ3) is 18.0. The second-order valence-electron chi connectivity index (χ2n) is 9.31. The quantitative estimate of drug-likeness (QED) is 0.110. The van der Waals surface area contributed by atoms with E-state index >= 15 is 0 Å². The van der Waals surface area contributed by atoms with Crippen molar-refractivity contribution in [2.24, 2.45) is 0 Å². The van der Waals surface area contributed by atoms with E-state index in [0.717, 1.165) is 0 Å². The minimum absolute atomic E-state index is 0. The van der Waals surface area contributed by atoms with E-state index in [2.05, 4.69) is 160 Å². The Labute approximate surface area is 266 Å². The third-order valence-electron chi connectivity index (χ3n) is 6.16. The molecule has 5 rings (SSSR count). The molecule has 5 radical (unpaired) electrons. The van der Waals surface area contributed by atoms with Gasteiger partial charge in [0.2, 0.25) is 0 Å². The van der Waals surface area contributed by atoms with E-state index in [4.69, 9.17) is 0 Å². The van der Waals surface area contributed by atoms with Gasteiger partial charge in [-0.05, 0) is 99.9 Å². The van der Waals surface area contributed by atoms with E-state index in [1.165, 1.54) is 46.9 Å². The second-order valence-corrected chi connectivity index (χ2v) is 14.1. The van der Waals surface area contributed by atoms with E-state index in [0.29, 0.717) is 0 Å². The van der Waals surface area contributed by atoms with Crippen molar-refractivity contribution < 1.29 is 37.4 Å². The van der Waals surface area contributed by atoms with Gasteiger partial charge in [-0.25, -0.2) is 0 Å². The summed E-state index contributed by atoms with van der Waals surface area (Å²) in [7, 11) is -7.09. The van der Waals surface area contributed by atoms with Crippen LogP contribution in [0.15, 0.2) is 121 Å². The van der Waals surface area contributed by atoms with Crippen LogP contribution in [0.1, 0.15) is 25.7 Å². The van der Waals surface area contributed by atoms with Crippen LogP contribution in [-0.4, -0.2) is 20.6 Å². The minimum Gasteiger partial charge on any atom is -0.418 e. The van der Waals surface area contributed by atoms with Gasteiger partial charge >= 0.3 is 7.25 Å². The Bertz CT molecular complexity index is 978. The number of hydrogen-bond donors (Lipinski definition) is 0. The first kappa shape index (κ1) is 38.2. The van der Waals surface area contributed by atoms with Gasteiger partial charge in [-0.3, -0.25) is 0 Å². The molecule has 0 spiro atoms. The molecule has 0 amide bonds. The summed E-state index contributed by atoms with van der Waals surface area (Å²) in [5.74, 6) is 0. The van der Waals surface area contributed by atoms with Crippen LogP contribution in [0.3, 0.4) is 0 Å². The molecular formula is C34H40BF4IrP2+. The van der Waals surface area contributed by atoms with Crippen LogP contribution in [0.25, 0.3) is 0 Å². The van der Waals surface area contributed by atoms with E-state index in [1.54, 1.807) is 0 Å². The van der Waals surface area contributed by atoms with Gasteiger partial charge < -0.3 is 17.3 Å². The van der Waals surface area contributed by atoms with Crippen molar-refractivity contribution >= 4 is 44.3 Å². The zero-order valence-corrected chi connectivity index (χ0v) is 28.5. The molecule has 0 atom stereocenters. The fourth-order valence-corrected chi connectivity index (χ4v) is 7.38.